The van der Waals surface area contributed by atoms with Gasteiger partial charge in [-0.05, 0) is 54.1 Å². The number of carbonyl (C=O) groups excluding carboxylic acids is 1. The quantitative estimate of drug-likeness (QED) is 0.225. The molecule has 160 valence electrons. The van der Waals surface area contributed by atoms with Crippen molar-refractivity contribution in [2.24, 2.45) is 5.10 Å². The summed E-state index contributed by atoms with van der Waals surface area (Å²) in [4.78, 5) is 16.4. The molecule has 2 aromatic heterocycles. The first-order valence-electron chi connectivity index (χ1n) is 9.42. The minimum atomic E-state index is -0.368. The molecule has 0 saturated heterocycles. The summed E-state index contributed by atoms with van der Waals surface area (Å²) in [6.45, 7) is 0. The smallest absolute Gasteiger partial charge is 0.250 e. The molecule has 0 aliphatic heterocycles. The van der Waals surface area contributed by atoms with E-state index in [9.17, 15) is 9.18 Å². The fraction of sp³-hybridized carbons (Fsp3) is 0.0455. The number of pyridine rings is 1. The molecule has 2 aromatic carbocycles. The number of aromatic nitrogens is 4. The fourth-order valence-electron chi connectivity index (χ4n) is 2.80. The number of hydrogen-bond donors (Lipinski definition) is 1. The summed E-state index contributed by atoms with van der Waals surface area (Å²) < 4.78 is 16.0. The van der Waals surface area contributed by atoms with Crippen molar-refractivity contribution in [2.45, 2.75) is 5.16 Å². The summed E-state index contributed by atoms with van der Waals surface area (Å²) >= 11 is 4.67. The molecule has 32 heavy (non-hydrogen) atoms. The number of nitrogens with one attached hydrogen (secondary N) is 1. The van der Waals surface area contributed by atoms with E-state index in [1.54, 1.807) is 24.5 Å². The summed E-state index contributed by atoms with van der Waals surface area (Å²) in [5.74, 6) is -0.00160. The average Bonchev–Trinajstić information content (AvgIpc) is 3.23. The molecule has 0 radical (unpaired) electrons. The van der Waals surface area contributed by atoms with Gasteiger partial charge in [0.2, 0.25) is 0 Å². The SMILES string of the molecule is O=C(CSc1nnc(-c2cccnc2)n1-c1ccc(Br)cc1)NN=Cc1cccc(F)c1. The number of halogens is 2. The molecule has 0 saturated carbocycles. The van der Waals surface area contributed by atoms with Gasteiger partial charge in [0.25, 0.3) is 5.91 Å². The molecule has 1 N–H and O–H groups in total. The Labute approximate surface area is 195 Å². The minimum absolute atomic E-state index is 0.0716. The van der Waals surface area contributed by atoms with Crippen molar-refractivity contribution in [1.82, 2.24) is 25.2 Å². The highest BCUT2D eigenvalue weighted by Crippen LogP contribution is 2.28. The molecule has 0 bridgehead atoms. The molecule has 10 heteroatoms. The van der Waals surface area contributed by atoms with E-state index in [2.05, 4.69) is 41.6 Å². The zero-order chi connectivity index (χ0) is 22.3. The third-order valence-electron chi connectivity index (χ3n) is 4.22. The number of benzene rings is 2. The molecular formula is C22H16BrFN6OS. The van der Waals surface area contributed by atoms with Crippen molar-refractivity contribution in [1.29, 1.82) is 0 Å². The zero-order valence-corrected chi connectivity index (χ0v) is 18.9. The Morgan fingerprint density at radius 2 is 2.00 bits per heavy atom. The molecule has 0 fully saturated rings. The Hall–Kier alpha value is -3.37. The maximum atomic E-state index is 13.2. The van der Waals surface area contributed by atoms with Crippen LogP contribution in [-0.4, -0.2) is 37.6 Å². The van der Waals surface area contributed by atoms with Crippen LogP contribution in [0.3, 0.4) is 0 Å². The molecule has 4 rings (SSSR count). The van der Waals surface area contributed by atoms with Crippen LogP contribution in [0.4, 0.5) is 4.39 Å². The molecule has 2 heterocycles. The first-order valence-corrected chi connectivity index (χ1v) is 11.2. The van der Waals surface area contributed by atoms with E-state index in [-0.39, 0.29) is 17.5 Å². The van der Waals surface area contributed by atoms with Gasteiger partial charge in [-0.15, -0.1) is 10.2 Å². The second kappa shape index (κ2) is 10.3. The lowest BCUT2D eigenvalue weighted by molar-refractivity contribution is -0.118. The van der Waals surface area contributed by atoms with Gasteiger partial charge in [0, 0.05) is 28.1 Å². The van der Waals surface area contributed by atoms with Crippen LogP contribution in [0.5, 0.6) is 0 Å². The highest BCUT2D eigenvalue weighted by molar-refractivity contribution is 9.10. The lowest BCUT2D eigenvalue weighted by Crippen LogP contribution is -2.20. The number of amides is 1. The van der Waals surface area contributed by atoms with Gasteiger partial charge >= 0.3 is 0 Å². The summed E-state index contributed by atoms with van der Waals surface area (Å²) in [5, 5.41) is 13.0. The van der Waals surface area contributed by atoms with Gasteiger partial charge in [-0.25, -0.2) is 9.82 Å². The molecular weight excluding hydrogens is 495 g/mol. The van der Waals surface area contributed by atoms with Gasteiger partial charge in [-0.2, -0.15) is 5.10 Å². The van der Waals surface area contributed by atoms with E-state index in [1.165, 1.54) is 30.1 Å². The second-order valence-corrected chi connectivity index (χ2v) is 8.35. The third-order valence-corrected chi connectivity index (χ3v) is 5.68. The molecule has 0 unspecified atom stereocenters. The average molecular weight is 511 g/mol. The number of thioether (sulfide) groups is 1. The molecule has 7 nitrogen and oxygen atoms in total. The van der Waals surface area contributed by atoms with Crippen molar-refractivity contribution in [2.75, 3.05) is 5.75 Å². The fourth-order valence-corrected chi connectivity index (χ4v) is 3.81. The predicted molar refractivity (Wildman–Crippen MR) is 125 cm³/mol. The summed E-state index contributed by atoms with van der Waals surface area (Å²) in [6.07, 6.45) is 4.78. The minimum Gasteiger partial charge on any atom is -0.272 e. The Bertz CT molecular complexity index is 1250. The molecule has 1 amide bonds. The third kappa shape index (κ3) is 5.45. The van der Waals surface area contributed by atoms with E-state index in [1.807, 2.05) is 41.0 Å². The van der Waals surface area contributed by atoms with Crippen molar-refractivity contribution in [3.8, 4) is 17.1 Å². The van der Waals surface area contributed by atoms with E-state index >= 15 is 0 Å². The zero-order valence-electron chi connectivity index (χ0n) is 16.5. The van der Waals surface area contributed by atoms with Crippen LogP contribution in [-0.2, 0) is 4.79 Å². The standard InChI is InChI=1S/C22H16BrFN6OS/c23-17-6-8-19(9-7-17)30-21(16-4-2-10-25-13-16)28-29-22(30)32-14-20(31)27-26-12-15-3-1-5-18(24)11-15/h1-13H,14H2,(H,27,31). The summed E-state index contributed by atoms with van der Waals surface area (Å²) in [5.41, 5.74) is 4.65. The first kappa shape index (κ1) is 21.8. The molecule has 0 atom stereocenters. The van der Waals surface area contributed by atoms with Gasteiger partial charge < -0.3 is 0 Å². The van der Waals surface area contributed by atoms with Crippen molar-refractivity contribution >= 4 is 39.8 Å². The van der Waals surface area contributed by atoms with Crippen molar-refractivity contribution < 1.29 is 9.18 Å². The second-order valence-electron chi connectivity index (χ2n) is 6.50. The topological polar surface area (TPSA) is 85.1 Å². The van der Waals surface area contributed by atoms with Crippen molar-refractivity contribution in [3.63, 3.8) is 0 Å². The van der Waals surface area contributed by atoms with Gasteiger partial charge in [-0.1, -0.05) is 39.8 Å². The van der Waals surface area contributed by atoms with Crippen LogP contribution in [0.15, 0.2) is 87.8 Å². The molecule has 0 spiro atoms. The maximum absolute atomic E-state index is 13.2. The number of carbonyl (C=O) groups is 1. The largest absolute Gasteiger partial charge is 0.272 e. The Balaban J connectivity index is 1.50. The van der Waals surface area contributed by atoms with Crippen LogP contribution < -0.4 is 5.43 Å². The van der Waals surface area contributed by atoms with Crippen LogP contribution in [0.25, 0.3) is 17.1 Å². The highest BCUT2D eigenvalue weighted by Gasteiger charge is 2.17. The van der Waals surface area contributed by atoms with E-state index < -0.39 is 0 Å². The van der Waals surface area contributed by atoms with Gasteiger partial charge in [0.15, 0.2) is 11.0 Å². The van der Waals surface area contributed by atoms with Gasteiger partial charge in [0.1, 0.15) is 5.82 Å². The number of hydrogen-bond acceptors (Lipinski definition) is 6. The predicted octanol–water partition coefficient (Wildman–Crippen LogP) is 4.47. The van der Waals surface area contributed by atoms with Crippen LogP contribution in [0.1, 0.15) is 5.56 Å². The van der Waals surface area contributed by atoms with Crippen LogP contribution in [0.2, 0.25) is 0 Å². The molecule has 0 aliphatic rings. The molecule has 0 aliphatic carbocycles. The van der Waals surface area contributed by atoms with Gasteiger partial charge in [-0.3, -0.25) is 14.3 Å². The van der Waals surface area contributed by atoms with Crippen LogP contribution >= 0.6 is 27.7 Å². The van der Waals surface area contributed by atoms with Gasteiger partial charge in [0.05, 0.1) is 12.0 Å². The number of hydrazone groups is 1. The number of nitrogens with zero attached hydrogens (tertiary/aromatic N) is 5. The summed E-state index contributed by atoms with van der Waals surface area (Å²) in [7, 11) is 0. The summed E-state index contributed by atoms with van der Waals surface area (Å²) in [6, 6.07) is 17.4. The monoisotopic (exact) mass is 510 g/mol. The lowest BCUT2D eigenvalue weighted by atomic mass is 10.2. The maximum Gasteiger partial charge on any atom is 0.250 e. The lowest BCUT2D eigenvalue weighted by Gasteiger charge is -2.10. The Morgan fingerprint density at radius 3 is 2.75 bits per heavy atom. The van der Waals surface area contributed by atoms with Crippen LogP contribution in [0, 0.1) is 5.82 Å². The Morgan fingerprint density at radius 1 is 1.16 bits per heavy atom. The Kier molecular flexibility index (Phi) is 7.03. The first-order chi connectivity index (χ1) is 15.6. The molecule has 4 aromatic rings. The van der Waals surface area contributed by atoms with Crippen molar-refractivity contribution in [3.05, 3.63) is 88.9 Å². The normalized spacial score (nSPS) is 11.1. The number of rotatable bonds is 7. The highest BCUT2D eigenvalue weighted by atomic mass is 79.9. The van der Waals surface area contributed by atoms with E-state index in [4.69, 9.17) is 0 Å². The van der Waals surface area contributed by atoms with E-state index in [0.29, 0.717) is 16.5 Å². The van der Waals surface area contributed by atoms with E-state index in [0.717, 1.165) is 15.7 Å².